The van der Waals surface area contributed by atoms with Crippen molar-refractivity contribution in [2.45, 2.75) is 6.42 Å². The summed E-state index contributed by atoms with van der Waals surface area (Å²) in [5.41, 5.74) is 8.21. The Morgan fingerprint density at radius 1 is 1.12 bits per heavy atom. The molecule has 0 aliphatic carbocycles. The topological polar surface area (TPSA) is 117 Å². The van der Waals surface area contributed by atoms with Crippen LogP contribution < -0.4 is 20.5 Å². The number of carbonyl (C=O) groups is 1. The Labute approximate surface area is 203 Å². The molecule has 0 unspecified atom stereocenters. The molecule has 0 atom stereocenters. The predicted octanol–water partition coefficient (Wildman–Crippen LogP) is 4.53. The summed E-state index contributed by atoms with van der Waals surface area (Å²) in [7, 11) is 3.05. The van der Waals surface area contributed by atoms with Gasteiger partial charge in [0.15, 0.2) is 22.3 Å². The van der Waals surface area contributed by atoms with Crippen LogP contribution in [0.1, 0.15) is 5.69 Å². The third-order valence-electron chi connectivity index (χ3n) is 4.76. The maximum Gasteiger partial charge on any atom is 0.230 e. The van der Waals surface area contributed by atoms with E-state index in [1.54, 1.807) is 35.0 Å². The van der Waals surface area contributed by atoms with Gasteiger partial charge in [0.25, 0.3) is 0 Å². The van der Waals surface area contributed by atoms with Crippen molar-refractivity contribution in [3.05, 3.63) is 57.7 Å². The molecular weight excluding hydrogens is 491 g/mol. The number of nitrogens with two attached hydrogens (primary N) is 1. The first-order chi connectivity index (χ1) is 15.8. The van der Waals surface area contributed by atoms with Crippen LogP contribution in [0.5, 0.6) is 11.5 Å². The van der Waals surface area contributed by atoms with Crippen molar-refractivity contribution in [3.63, 3.8) is 0 Å². The van der Waals surface area contributed by atoms with E-state index in [1.807, 2.05) is 0 Å². The molecule has 3 aromatic heterocycles. The monoisotopic (exact) mass is 506 g/mol. The number of nitrogens with one attached hydrogen (secondary N) is 1. The van der Waals surface area contributed by atoms with Gasteiger partial charge in [0, 0.05) is 17.8 Å². The number of amides is 1. The lowest BCUT2D eigenvalue weighted by Gasteiger charge is -2.13. The van der Waals surface area contributed by atoms with Crippen molar-refractivity contribution in [2.24, 2.45) is 0 Å². The second kappa shape index (κ2) is 9.30. The SMILES string of the molecule is COc1cc(Cl)c(-c2cnc(Cl)c3nc(CC(=O)Nc4ccc(Cl)nc4N)cn23)cc1OC. The fraction of sp³-hybridized carbons (Fsp3) is 0.143. The quantitative estimate of drug-likeness (QED) is 0.368. The number of hydrogen-bond donors (Lipinski definition) is 2. The number of benzene rings is 1. The highest BCUT2D eigenvalue weighted by Crippen LogP contribution is 2.38. The molecule has 9 nitrogen and oxygen atoms in total. The molecule has 0 aliphatic rings. The lowest BCUT2D eigenvalue weighted by atomic mass is 10.1. The first-order valence-corrected chi connectivity index (χ1v) is 10.6. The Hall–Kier alpha value is -3.27. The summed E-state index contributed by atoms with van der Waals surface area (Å²) >= 11 is 18.6. The number of aromatic nitrogens is 4. The molecule has 0 radical (unpaired) electrons. The van der Waals surface area contributed by atoms with Gasteiger partial charge in [0.1, 0.15) is 11.0 Å². The van der Waals surface area contributed by atoms with E-state index in [1.165, 1.54) is 20.3 Å². The van der Waals surface area contributed by atoms with Gasteiger partial charge in [-0.3, -0.25) is 9.20 Å². The van der Waals surface area contributed by atoms with Crippen molar-refractivity contribution in [3.8, 4) is 22.8 Å². The molecule has 0 spiro atoms. The number of imidazole rings is 1. The summed E-state index contributed by atoms with van der Waals surface area (Å²) in [5.74, 6) is 0.754. The maximum atomic E-state index is 12.6. The van der Waals surface area contributed by atoms with Crippen LogP contribution >= 0.6 is 34.8 Å². The fourth-order valence-electron chi connectivity index (χ4n) is 3.25. The molecule has 4 aromatic rings. The van der Waals surface area contributed by atoms with E-state index < -0.39 is 0 Å². The normalized spacial score (nSPS) is 10.9. The van der Waals surface area contributed by atoms with Crippen molar-refractivity contribution in [1.29, 1.82) is 0 Å². The number of methoxy groups -OCH3 is 2. The number of pyridine rings is 1. The average molecular weight is 508 g/mol. The number of anilines is 2. The molecule has 3 heterocycles. The largest absolute Gasteiger partial charge is 0.493 e. The van der Waals surface area contributed by atoms with E-state index >= 15 is 0 Å². The Kier molecular flexibility index (Phi) is 6.46. The molecule has 1 amide bonds. The molecule has 4 rings (SSSR count). The number of rotatable bonds is 6. The summed E-state index contributed by atoms with van der Waals surface area (Å²) in [5, 5.41) is 3.51. The molecule has 1 aromatic carbocycles. The first kappa shape index (κ1) is 22.9. The van der Waals surface area contributed by atoms with Crippen molar-refractivity contribution in [2.75, 3.05) is 25.3 Å². The summed E-state index contributed by atoms with van der Waals surface area (Å²) < 4.78 is 12.4. The van der Waals surface area contributed by atoms with E-state index in [9.17, 15) is 4.79 Å². The number of carbonyl (C=O) groups excluding carboxylic acids is 1. The highest BCUT2D eigenvalue weighted by molar-refractivity contribution is 6.34. The smallest absolute Gasteiger partial charge is 0.230 e. The molecule has 170 valence electrons. The van der Waals surface area contributed by atoms with Gasteiger partial charge in [-0.25, -0.2) is 15.0 Å². The predicted molar refractivity (Wildman–Crippen MR) is 128 cm³/mol. The van der Waals surface area contributed by atoms with Gasteiger partial charge in [0.05, 0.1) is 48.9 Å². The second-order valence-corrected chi connectivity index (χ2v) is 7.99. The van der Waals surface area contributed by atoms with E-state index in [-0.39, 0.29) is 28.5 Å². The van der Waals surface area contributed by atoms with Crippen LogP contribution in [0.3, 0.4) is 0 Å². The summed E-state index contributed by atoms with van der Waals surface area (Å²) in [4.78, 5) is 25.2. The Bertz CT molecular complexity index is 1380. The third kappa shape index (κ3) is 4.61. The zero-order chi connectivity index (χ0) is 23.7. The van der Waals surface area contributed by atoms with Gasteiger partial charge in [-0.15, -0.1) is 0 Å². The number of halogens is 3. The third-order valence-corrected chi connectivity index (χ3v) is 5.55. The highest BCUT2D eigenvalue weighted by Gasteiger charge is 2.18. The van der Waals surface area contributed by atoms with Gasteiger partial charge < -0.3 is 20.5 Å². The van der Waals surface area contributed by atoms with E-state index in [2.05, 4.69) is 20.3 Å². The van der Waals surface area contributed by atoms with E-state index in [0.717, 1.165) is 0 Å². The number of ether oxygens (including phenoxy) is 2. The molecule has 0 saturated heterocycles. The molecule has 0 aliphatic heterocycles. The van der Waals surface area contributed by atoms with Crippen molar-refractivity contribution >= 4 is 57.9 Å². The molecular formula is C21H17Cl3N6O3. The zero-order valence-electron chi connectivity index (χ0n) is 17.4. The van der Waals surface area contributed by atoms with Crippen LogP contribution in [0, 0.1) is 0 Å². The van der Waals surface area contributed by atoms with Crippen LogP contribution in [0.4, 0.5) is 11.5 Å². The van der Waals surface area contributed by atoms with E-state index in [4.69, 9.17) is 50.0 Å². The summed E-state index contributed by atoms with van der Waals surface area (Å²) in [6.07, 6.45) is 3.21. The Balaban J connectivity index is 1.69. The van der Waals surface area contributed by atoms with Gasteiger partial charge in [0.2, 0.25) is 5.91 Å². The lowest BCUT2D eigenvalue weighted by molar-refractivity contribution is -0.115. The van der Waals surface area contributed by atoms with Gasteiger partial charge >= 0.3 is 0 Å². The number of nitrogens with zero attached hydrogens (tertiary/aromatic N) is 4. The Morgan fingerprint density at radius 2 is 1.85 bits per heavy atom. The van der Waals surface area contributed by atoms with Crippen LogP contribution in [0.15, 0.2) is 36.7 Å². The lowest BCUT2D eigenvalue weighted by Crippen LogP contribution is -2.16. The zero-order valence-corrected chi connectivity index (χ0v) is 19.7. The molecule has 0 fully saturated rings. The van der Waals surface area contributed by atoms with Gasteiger partial charge in [-0.2, -0.15) is 0 Å². The highest BCUT2D eigenvalue weighted by atomic mass is 35.5. The molecule has 0 bridgehead atoms. The minimum Gasteiger partial charge on any atom is -0.493 e. The molecule has 3 N–H and O–H groups in total. The van der Waals surface area contributed by atoms with Crippen LogP contribution in [-0.4, -0.2) is 39.5 Å². The van der Waals surface area contributed by atoms with Crippen molar-refractivity contribution in [1.82, 2.24) is 19.4 Å². The summed E-state index contributed by atoms with van der Waals surface area (Å²) in [6, 6.07) is 6.48. The molecule has 12 heteroatoms. The average Bonchev–Trinajstić information content (AvgIpc) is 3.20. The second-order valence-electron chi connectivity index (χ2n) is 6.84. The molecule has 33 heavy (non-hydrogen) atoms. The van der Waals surface area contributed by atoms with Crippen LogP contribution in [0.2, 0.25) is 15.3 Å². The van der Waals surface area contributed by atoms with Crippen molar-refractivity contribution < 1.29 is 14.3 Å². The number of nitrogen functional groups attached to an aromatic ring is 1. The fourth-order valence-corrected chi connectivity index (χ4v) is 3.83. The minimum atomic E-state index is -0.344. The first-order valence-electron chi connectivity index (χ1n) is 9.47. The summed E-state index contributed by atoms with van der Waals surface area (Å²) in [6.45, 7) is 0. The standard InChI is InChI=1S/C21H17Cl3N6O3/c1-32-15-6-11(12(22)7-16(15)33-2)14-8-26-19(24)21-27-10(9-30(14)21)5-18(31)28-13-3-4-17(23)29-20(13)25/h3-4,6-9H,5H2,1-2H3,(H2,25,29)(H,28,31). The minimum absolute atomic E-state index is 0.0425. The van der Waals surface area contributed by atoms with Crippen LogP contribution in [0.25, 0.3) is 16.9 Å². The number of fused-ring (bicyclic) bond motifs is 1. The van der Waals surface area contributed by atoms with Gasteiger partial charge in [-0.05, 0) is 18.2 Å². The van der Waals surface area contributed by atoms with E-state index in [0.29, 0.717) is 44.8 Å². The molecule has 0 saturated carbocycles. The maximum absolute atomic E-state index is 12.6. The van der Waals surface area contributed by atoms with Gasteiger partial charge in [-0.1, -0.05) is 34.8 Å². The van der Waals surface area contributed by atoms with Crippen LogP contribution in [-0.2, 0) is 11.2 Å². The number of hydrogen-bond acceptors (Lipinski definition) is 7. The Morgan fingerprint density at radius 3 is 2.55 bits per heavy atom.